The molecule has 4 heteroatoms. The Labute approximate surface area is 78.4 Å². The van der Waals surface area contributed by atoms with Crippen molar-refractivity contribution in [1.82, 2.24) is 0 Å². The molecule has 2 atom stereocenters. The third-order valence-electron chi connectivity index (χ3n) is 2.34. The molecule has 1 rings (SSSR count). The minimum absolute atomic E-state index is 0.0202. The smallest absolute Gasteiger partial charge is 0.309 e. The lowest BCUT2D eigenvalue weighted by Gasteiger charge is -2.09. The molecule has 0 aliphatic heterocycles. The Hall–Kier alpha value is -0.610. The molecular formula is C9H17NO3. The highest BCUT2D eigenvalue weighted by Gasteiger charge is 2.28. The summed E-state index contributed by atoms with van der Waals surface area (Å²) in [6.45, 7) is 0.811. The van der Waals surface area contributed by atoms with E-state index in [0.717, 1.165) is 19.3 Å². The van der Waals surface area contributed by atoms with Crippen LogP contribution in [0.2, 0.25) is 0 Å². The van der Waals surface area contributed by atoms with E-state index >= 15 is 0 Å². The summed E-state index contributed by atoms with van der Waals surface area (Å²) in [6, 6.07) is 0.181. The minimum Gasteiger partial charge on any atom is -0.463 e. The zero-order chi connectivity index (χ0) is 9.68. The molecule has 0 saturated heterocycles. The van der Waals surface area contributed by atoms with Crippen molar-refractivity contribution in [3.05, 3.63) is 0 Å². The molecule has 0 unspecified atom stereocenters. The van der Waals surface area contributed by atoms with Crippen LogP contribution in [0.15, 0.2) is 0 Å². The van der Waals surface area contributed by atoms with E-state index in [1.54, 1.807) is 7.11 Å². The van der Waals surface area contributed by atoms with Crippen LogP contribution >= 0.6 is 0 Å². The van der Waals surface area contributed by atoms with E-state index in [1.807, 2.05) is 0 Å². The van der Waals surface area contributed by atoms with Gasteiger partial charge in [-0.25, -0.2) is 0 Å². The molecular weight excluding hydrogens is 170 g/mol. The summed E-state index contributed by atoms with van der Waals surface area (Å²) in [5.74, 6) is -0.100. The van der Waals surface area contributed by atoms with Crippen LogP contribution in [0.4, 0.5) is 0 Å². The van der Waals surface area contributed by atoms with Crippen molar-refractivity contribution in [3.8, 4) is 0 Å². The number of carbonyl (C=O) groups is 1. The second-order valence-electron chi connectivity index (χ2n) is 3.43. The maximum absolute atomic E-state index is 11.3. The molecule has 4 nitrogen and oxygen atoms in total. The van der Waals surface area contributed by atoms with Gasteiger partial charge in [-0.3, -0.25) is 4.79 Å². The van der Waals surface area contributed by atoms with Gasteiger partial charge in [0.1, 0.15) is 6.61 Å². The molecule has 1 fully saturated rings. The summed E-state index contributed by atoms with van der Waals surface area (Å²) in [6.07, 6.45) is 2.57. The lowest BCUT2D eigenvalue weighted by molar-refractivity contribution is -0.149. The Morgan fingerprint density at radius 1 is 1.46 bits per heavy atom. The van der Waals surface area contributed by atoms with Gasteiger partial charge in [0.15, 0.2) is 0 Å². The highest BCUT2D eigenvalue weighted by atomic mass is 16.6. The van der Waals surface area contributed by atoms with Gasteiger partial charge in [0.05, 0.1) is 12.5 Å². The zero-order valence-corrected chi connectivity index (χ0v) is 7.99. The average molecular weight is 187 g/mol. The number of carbonyl (C=O) groups excluding carboxylic acids is 1. The molecule has 0 spiro atoms. The van der Waals surface area contributed by atoms with Crippen LogP contribution in [0.25, 0.3) is 0 Å². The Kier molecular flexibility index (Phi) is 4.18. The van der Waals surface area contributed by atoms with E-state index in [-0.39, 0.29) is 17.9 Å². The van der Waals surface area contributed by atoms with Gasteiger partial charge in [0.25, 0.3) is 0 Å². The molecule has 1 aliphatic rings. The maximum Gasteiger partial charge on any atom is 0.309 e. The molecule has 13 heavy (non-hydrogen) atoms. The minimum atomic E-state index is -0.120. The first kappa shape index (κ1) is 10.5. The fourth-order valence-corrected chi connectivity index (χ4v) is 1.57. The highest BCUT2D eigenvalue weighted by molar-refractivity contribution is 5.72. The van der Waals surface area contributed by atoms with E-state index in [1.165, 1.54) is 0 Å². The number of methoxy groups -OCH3 is 1. The fourth-order valence-electron chi connectivity index (χ4n) is 1.57. The largest absolute Gasteiger partial charge is 0.463 e. The summed E-state index contributed by atoms with van der Waals surface area (Å²) in [5.41, 5.74) is 5.69. The predicted molar refractivity (Wildman–Crippen MR) is 48.2 cm³/mol. The lowest BCUT2D eigenvalue weighted by Crippen LogP contribution is -2.20. The summed E-state index contributed by atoms with van der Waals surface area (Å²) in [5, 5.41) is 0. The monoisotopic (exact) mass is 187 g/mol. The zero-order valence-electron chi connectivity index (χ0n) is 7.99. The highest BCUT2D eigenvalue weighted by Crippen LogP contribution is 2.24. The first-order valence-electron chi connectivity index (χ1n) is 4.65. The summed E-state index contributed by atoms with van der Waals surface area (Å²) in [7, 11) is 1.58. The topological polar surface area (TPSA) is 61.5 Å². The van der Waals surface area contributed by atoms with Crippen LogP contribution in [-0.2, 0) is 14.3 Å². The van der Waals surface area contributed by atoms with Gasteiger partial charge in [-0.2, -0.15) is 0 Å². The summed E-state index contributed by atoms with van der Waals surface area (Å²) in [4.78, 5) is 11.3. The lowest BCUT2D eigenvalue weighted by atomic mass is 10.1. The first-order chi connectivity index (χ1) is 6.24. The van der Waals surface area contributed by atoms with Gasteiger partial charge in [0.2, 0.25) is 0 Å². The van der Waals surface area contributed by atoms with Crippen molar-refractivity contribution in [3.63, 3.8) is 0 Å². The number of hydrogen-bond donors (Lipinski definition) is 1. The van der Waals surface area contributed by atoms with E-state index < -0.39 is 0 Å². The maximum atomic E-state index is 11.3. The molecule has 0 heterocycles. The van der Waals surface area contributed by atoms with Gasteiger partial charge in [-0.1, -0.05) is 0 Å². The van der Waals surface area contributed by atoms with Crippen LogP contribution in [0, 0.1) is 5.92 Å². The molecule has 0 radical (unpaired) electrons. The number of rotatable bonds is 4. The van der Waals surface area contributed by atoms with Crippen LogP contribution < -0.4 is 5.73 Å². The van der Waals surface area contributed by atoms with Gasteiger partial charge >= 0.3 is 5.97 Å². The Morgan fingerprint density at radius 2 is 2.23 bits per heavy atom. The second kappa shape index (κ2) is 5.19. The van der Waals surface area contributed by atoms with Crippen molar-refractivity contribution in [2.75, 3.05) is 20.3 Å². The van der Waals surface area contributed by atoms with Gasteiger partial charge in [0, 0.05) is 13.2 Å². The third-order valence-corrected chi connectivity index (χ3v) is 2.34. The molecule has 1 aliphatic carbocycles. The van der Waals surface area contributed by atoms with Crippen LogP contribution in [0.5, 0.6) is 0 Å². The molecule has 76 valence electrons. The average Bonchev–Trinajstić information content (AvgIpc) is 2.52. The quantitative estimate of drug-likeness (QED) is 0.508. The van der Waals surface area contributed by atoms with E-state index in [4.69, 9.17) is 15.2 Å². The number of esters is 1. The molecule has 0 aromatic carbocycles. The standard InChI is InChI=1S/C9H17NO3/c1-12-4-5-13-9(11)7-2-3-8(10)6-7/h7-8H,2-6,10H2,1H3/t7-,8+/m1/s1. The van der Waals surface area contributed by atoms with Crippen molar-refractivity contribution in [2.24, 2.45) is 11.7 Å². The number of hydrogen-bond acceptors (Lipinski definition) is 4. The van der Waals surface area contributed by atoms with Crippen LogP contribution in [0.1, 0.15) is 19.3 Å². The van der Waals surface area contributed by atoms with Crippen molar-refractivity contribution in [1.29, 1.82) is 0 Å². The normalized spacial score (nSPS) is 27.5. The van der Waals surface area contributed by atoms with Crippen molar-refractivity contribution >= 4 is 5.97 Å². The molecule has 0 amide bonds. The third kappa shape index (κ3) is 3.32. The first-order valence-corrected chi connectivity index (χ1v) is 4.65. The van der Waals surface area contributed by atoms with Gasteiger partial charge in [-0.15, -0.1) is 0 Å². The molecule has 0 bridgehead atoms. The number of ether oxygens (including phenoxy) is 2. The Morgan fingerprint density at radius 3 is 2.77 bits per heavy atom. The van der Waals surface area contributed by atoms with Crippen LogP contribution in [-0.4, -0.2) is 32.3 Å². The van der Waals surface area contributed by atoms with Gasteiger partial charge < -0.3 is 15.2 Å². The van der Waals surface area contributed by atoms with Gasteiger partial charge in [-0.05, 0) is 19.3 Å². The predicted octanol–water partition coefficient (Wildman–Crippen LogP) is 0.303. The van der Waals surface area contributed by atoms with Crippen molar-refractivity contribution in [2.45, 2.75) is 25.3 Å². The Bertz CT molecular complexity index is 172. The van der Waals surface area contributed by atoms with E-state index in [2.05, 4.69) is 0 Å². The molecule has 0 aromatic heterocycles. The molecule has 0 aromatic rings. The SMILES string of the molecule is COCCOC(=O)[C@@H]1CC[C@H](N)C1. The second-order valence-corrected chi connectivity index (χ2v) is 3.43. The molecule has 2 N–H and O–H groups in total. The number of nitrogens with two attached hydrogens (primary N) is 1. The van der Waals surface area contributed by atoms with E-state index in [9.17, 15) is 4.79 Å². The fraction of sp³-hybridized carbons (Fsp3) is 0.889. The summed E-state index contributed by atoms with van der Waals surface area (Å²) < 4.78 is 9.77. The Balaban J connectivity index is 2.16. The van der Waals surface area contributed by atoms with Crippen molar-refractivity contribution < 1.29 is 14.3 Å². The van der Waals surface area contributed by atoms with E-state index in [0.29, 0.717) is 13.2 Å². The molecule has 1 saturated carbocycles. The summed E-state index contributed by atoms with van der Waals surface area (Å²) >= 11 is 0. The van der Waals surface area contributed by atoms with Crippen LogP contribution in [0.3, 0.4) is 0 Å².